The lowest BCUT2D eigenvalue weighted by atomic mass is 9.91. The average molecular weight is 388 g/mol. The smallest absolute Gasteiger partial charge is 0.0257 e. The summed E-state index contributed by atoms with van der Waals surface area (Å²) in [5.41, 5.74) is 1.40. The maximum Gasteiger partial charge on any atom is 0.0257 e. The molecular weight excluding hydrogens is 376 g/mol. The van der Waals surface area contributed by atoms with Crippen LogP contribution in [-0.4, -0.2) is 0 Å². The van der Waals surface area contributed by atoms with E-state index in [2.05, 4.69) is 81.2 Å². The molecule has 0 radical (unpaired) electrons. The topological polar surface area (TPSA) is 0 Å². The number of aryl methyl sites for hydroxylation is 1. The van der Waals surface area contributed by atoms with Gasteiger partial charge in [-0.1, -0.05) is 69.1 Å². The summed E-state index contributed by atoms with van der Waals surface area (Å²) in [5, 5.41) is 8.02. The van der Waals surface area contributed by atoms with Crippen molar-refractivity contribution in [1.82, 2.24) is 0 Å². The van der Waals surface area contributed by atoms with Gasteiger partial charge in [-0.05, 0) is 56.4 Å². The molecule has 4 rings (SSSR count). The Morgan fingerprint density at radius 1 is 0.750 bits per heavy atom. The van der Waals surface area contributed by atoms with E-state index in [1.54, 1.807) is 0 Å². The Morgan fingerprint density at radius 3 is 2.20 bits per heavy atom. The minimum atomic E-state index is 1.05. The van der Waals surface area contributed by atoms with Gasteiger partial charge in [0.25, 0.3) is 0 Å². The molecule has 0 aliphatic carbocycles. The third kappa shape index (κ3) is 1.58. The predicted molar refractivity (Wildman–Crippen MR) is 94.9 cm³/mol. The van der Waals surface area contributed by atoms with Gasteiger partial charge in [0.2, 0.25) is 0 Å². The van der Waals surface area contributed by atoms with Crippen molar-refractivity contribution >= 4 is 64.2 Å². The maximum atomic E-state index is 3.74. The number of hydrogen-bond donors (Lipinski definition) is 0. The van der Waals surface area contributed by atoms with Crippen LogP contribution in [0.15, 0.2) is 51.4 Å². The molecule has 4 aromatic carbocycles. The molecule has 0 nitrogen and oxygen atoms in total. The van der Waals surface area contributed by atoms with Crippen LogP contribution in [0, 0.1) is 0 Å². The summed E-state index contributed by atoms with van der Waals surface area (Å²) in [6.07, 6.45) is 1.05. The summed E-state index contributed by atoms with van der Waals surface area (Å²) in [7, 11) is 0. The zero-order valence-electron chi connectivity index (χ0n) is 11.0. The Balaban J connectivity index is 2.41. The third-order valence-electron chi connectivity index (χ3n) is 4.14. The van der Waals surface area contributed by atoms with Crippen molar-refractivity contribution in [2.75, 3.05) is 0 Å². The van der Waals surface area contributed by atoms with E-state index >= 15 is 0 Å². The molecule has 0 aliphatic heterocycles. The van der Waals surface area contributed by atoms with E-state index in [1.807, 2.05) is 0 Å². The molecule has 0 aromatic heterocycles. The van der Waals surface area contributed by atoms with E-state index in [0.29, 0.717) is 0 Å². The first-order chi connectivity index (χ1) is 9.70. The molecule has 0 N–H and O–H groups in total. The number of rotatable bonds is 1. The lowest BCUT2D eigenvalue weighted by molar-refractivity contribution is 1.16. The molecule has 0 saturated carbocycles. The number of benzene rings is 4. The van der Waals surface area contributed by atoms with Crippen molar-refractivity contribution < 1.29 is 0 Å². The summed E-state index contributed by atoms with van der Waals surface area (Å²) in [6.45, 7) is 2.22. The summed E-state index contributed by atoms with van der Waals surface area (Å²) < 4.78 is 2.36. The van der Waals surface area contributed by atoms with E-state index < -0.39 is 0 Å². The van der Waals surface area contributed by atoms with Gasteiger partial charge in [-0.15, -0.1) is 0 Å². The Bertz CT molecular complexity index is 954. The molecule has 0 unspecified atom stereocenters. The van der Waals surface area contributed by atoms with Gasteiger partial charge in [-0.25, -0.2) is 0 Å². The minimum absolute atomic E-state index is 1.05. The van der Waals surface area contributed by atoms with Gasteiger partial charge in [-0.2, -0.15) is 0 Å². The molecule has 0 saturated heterocycles. The maximum absolute atomic E-state index is 3.74. The van der Waals surface area contributed by atoms with E-state index in [4.69, 9.17) is 0 Å². The van der Waals surface area contributed by atoms with Crippen molar-refractivity contribution in [2.24, 2.45) is 0 Å². The Hall–Kier alpha value is -1.12. The van der Waals surface area contributed by atoms with Gasteiger partial charge < -0.3 is 0 Å². The normalized spacial score (nSPS) is 11.9. The first-order valence-corrected chi connectivity index (χ1v) is 8.33. The van der Waals surface area contributed by atoms with Gasteiger partial charge >= 0.3 is 0 Å². The molecule has 0 amide bonds. The second-order valence-electron chi connectivity index (χ2n) is 5.17. The molecule has 0 atom stereocenters. The van der Waals surface area contributed by atoms with Crippen molar-refractivity contribution in [3.05, 3.63) is 57.0 Å². The Labute approximate surface area is 134 Å². The van der Waals surface area contributed by atoms with Crippen molar-refractivity contribution in [2.45, 2.75) is 13.3 Å². The van der Waals surface area contributed by atoms with Crippen LogP contribution in [0.1, 0.15) is 12.5 Å². The van der Waals surface area contributed by atoms with E-state index in [9.17, 15) is 0 Å². The van der Waals surface area contributed by atoms with Crippen LogP contribution in [0.5, 0.6) is 0 Å². The molecule has 0 heterocycles. The molecule has 0 bridgehead atoms. The standard InChI is InChI=1S/C18H12Br2/c1-2-10-9-16(20)14-5-3-11-4-8-15(19)13-7-6-12(10)18(14)17(11)13/h3-9H,2H2,1H3. The zero-order chi connectivity index (χ0) is 13.9. The van der Waals surface area contributed by atoms with Gasteiger partial charge in [0.1, 0.15) is 0 Å². The average Bonchev–Trinajstić information content (AvgIpc) is 2.48. The van der Waals surface area contributed by atoms with Gasteiger partial charge in [0.05, 0.1) is 0 Å². The van der Waals surface area contributed by atoms with Crippen LogP contribution >= 0.6 is 31.9 Å². The molecule has 20 heavy (non-hydrogen) atoms. The summed E-state index contributed by atoms with van der Waals surface area (Å²) in [6, 6.07) is 15.5. The fourth-order valence-electron chi connectivity index (χ4n) is 3.18. The second kappa shape index (κ2) is 4.44. The highest BCUT2D eigenvalue weighted by Crippen LogP contribution is 2.41. The van der Waals surface area contributed by atoms with Crippen LogP contribution in [-0.2, 0) is 6.42 Å². The van der Waals surface area contributed by atoms with Gasteiger partial charge in [0.15, 0.2) is 0 Å². The minimum Gasteiger partial charge on any atom is -0.0613 e. The molecular formula is C18H12Br2. The Kier molecular flexibility index (Phi) is 2.80. The number of hydrogen-bond acceptors (Lipinski definition) is 0. The largest absolute Gasteiger partial charge is 0.0613 e. The second-order valence-corrected chi connectivity index (χ2v) is 6.87. The van der Waals surface area contributed by atoms with Crippen LogP contribution in [0.2, 0.25) is 0 Å². The van der Waals surface area contributed by atoms with E-state index in [0.717, 1.165) is 10.9 Å². The third-order valence-corrected chi connectivity index (χ3v) is 5.49. The van der Waals surface area contributed by atoms with Crippen LogP contribution in [0.3, 0.4) is 0 Å². The monoisotopic (exact) mass is 386 g/mol. The lowest BCUT2D eigenvalue weighted by Gasteiger charge is -2.15. The lowest BCUT2D eigenvalue weighted by Crippen LogP contribution is -1.90. The van der Waals surface area contributed by atoms with Gasteiger partial charge in [0, 0.05) is 8.95 Å². The first kappa shape index (κ1) is 12.6. The van der Waals surface area contributed by atoms with Crippen molar-refractivity contribution in [1.29, 1.82) is 0 Å². The summed E-state index contributed by atoms with van der Waals surface area (Å²) in [4.78, 5) is 0. The molecule has 0 fully saturated rings. The van der Waals surface area contributed by atoms with Crippen LogP contribution in [0.4, 0.5) is 0 Å². The number of halogens is 2. The van der Waals surface area contributed by atoms with Crippen LogP contribution in [0.25, 0.3) is 32.3 Å². The van der Waals surface area contributed by atoms with E-state index in [-0.39, 0.29) is 0 Å². The fourth-order valence-corrected chi connectivity index (χ4v) is 4.25. The SMILES string of the molecule is CCc1cc(Br)c2ccc3ccc(Br)c4ccc1c2c34. The highest BCUT2D eigenvalue weighted by atomic mass is 79.9. The molecule has 0 spiro atoms. The molecule has 0 aliphatic rings. The van der Waals surface area contributed by atoms with Gasteiger partial charge in [-0.3, -0.25) is 0 Å². The molecule has 98 valence electrons. The quantitative estimate of drug-likeness (QED) is 0.320. The van der Waals surface area contributed by atoms with Crippen molar-refractivity contribution in [3.8, 4) is 0 Å². The zero-order valence-corrected chi connectivity index (χ0v) is 14.2. The highest BCUT2D eigenvalue weighted by molar-refractivity contribution is 9.11. The van der Waals surface area contributed by atoms with Crippen LogP contribution < -0.4 is 0 Å². The highest BCUT2D eigenvalue weighted by Gasteiger charge is 2.13. The van der Waals surface area contributed by atoms with Crippen molar-refractivity contribution in [3.63, 3.8) is 0 Å². The first-order valence-electron chi connectivity index (χ1n) is 6.75. The Morgan fingerprint density at radius 2 is 1.40 bits per heavy atom. The molecule has 2 heteroatoms. The summed E-state index contributed by atoms with van der Waals surface area (Å²) >= 11 is 7.42. The summed E-state index contributed by atoms with van der Waals surface area (Å²) in [5.74, 6) is 0. The molecule has 4 aromatic rings. The van der Waals surface area contributed by atoms with E-state index in [1.165, 1.54) is 42.4 Å². The fraction of sp³-hybridized carbons (Fsp3) is 0.111. The predicted octanol–water partition coefficient (Wildman–Crippen LogP) is 6.67.